The maximum Gasteiger partial charge on any atom is 0.233 e. The van der Waals surface area contributed by atoms with Crippen LogP contribution in [0.1, 0.15) is 45.4 Å². The summed E-state index contributed by atoms with van der Waals surface area (Å²) in [4.78, 5) is 16.6. The van der Waals surface area contributed by atoms with E-state index >= 15 is 0 Å². The Kier molecular flexibility index (Phi) is 6.57. The topological polar surface area (TPSA) is 94.0 Å². The molecule has 0 spiro atoms. The van der Waals surface area contributed by atoms with Crippen LogP contribution in [0, 0.1) is 5.41 Å². The van der Waals surface area contributed by atoms with Crippen LogP contribution in [0.25, 0.3) is 0 Å². The minimum atomic E-state index is -0.742. The zero-order valence-electron chi connectivity index (χ0n) is 12.0. The molecule has 1 heterocycles. The Labute approximate surface area is 124 Å². The van der Waals surface area contributed by atoms with E-state index < -0.39 is 5.41 Å². The number of nitrogens with zero attached hydrogens (tertiary/aromatic N) is 2. The number of thiocarbonyl (C=S) groups is 1. The van der Waals surface area contributed by atoms with Gasteiger partial charge in [-0.3, -0.25) is 4.79 Å². The van der Waals surface area contributed by atoms with Crippen molar-refractivity contribution in [3.63, 3.8) is 0 Å². The molecule has 20 heavy (non-hydrogen) atoms. The number of hydrogen-bond donors (Lipinski definition) is 2. The van der Waals surface area contributed by atoms with Gasteiger partial charge in [0.15, 0.2) is 6.33 Å². The van der Waals surface area contributed by atoms with Gasteiger partial charge in [0.2, 0.25) is 11.8 Å². The molecule has 0 unspecified atom stereocenters. The summed E-state index contributed by atoms with van der Waals surface area (Å²) in [5.74, 6) is 0.394. The maximum atomic E-state index is 12.5. The Morgan fingerprint density at radius 2 is 2.10 bits per heavy atom. The minimum absolute atomic E-state index is 0.104. The predicted octanol–water partition coefficient (Wildman–Crippen LogP) is 1.60. The third kappa shape index (κ3) is 4.00. The van der Waals surface area contributed by atoms with Gasteiger partial charge < -0.3 is 15.6 Å². The Bertz CT molecular complexity index is 428. The van der Waals surface area contributed by atoms with E-state index in [2.05, 4.69) is 15.5 Å². The largest absolute Gasteiger partial charge is 0.392 e. The number of nitrogens with one attached hydrogen (secondary N) is 1. The number of rotatable bonds is 9. The summed E-state index contributed by atoms with van der Waals surface area (Å²) in [7, 11) is 0. The van der Waals surface area contributed by atoms with Crippen molar-refractivity contribution in [2.24, 2.45) is 11.1 Å². The standard InChI is InChI=1S/C13H22N4O2S/c1-3-6-13(7-4-2,11(14)20)12(18)15-8-5-10-16-9-17-19-10/h9H,3-8H2,1-2H3,(H2,14,20)(H,15,18). The van der Waals surface area contributed by atoms with Crippen molar-refractivity contribution in [2.75, 3.05) is 6.54 Å². The summed E-state index contributed by atoms with van der Waals surface area (Å²) in [5.41, 5.74) is 5.10. The number of carbonyl (C=O) groups excluding carboxylic acids is 1. The molecule has 0 saturated carbocycles. The number of aromatic nitrogens is 2. The molecule has 0 radical (unpaired) electrons. The number of carbonyl (C=O) groups is 1. The van der Waals surface area contributed by atoms with Gasteiger partial charge in [-0.25, -0.2) is 0 Å². The lowest BCUT2D eigenvalue weighted by atomic mass is 9.78. The van der Waals surface area contributed by atoms with Crippen molar-refractivity contribution in [1.29, 1.82) is 0 Å². The molecule has 0 fully saturated rings. The van der Waals surface area contributed by atoms with Crippen molar-refractivity contribution in [3.05, 3.63) is 12.2 Å². The van der Waals surface area contributed by atoms with Crippen LogP contribution in [0.5, 0.6) is 0 Å². The Balaban J connectivity index is 2.64. The lowest BCUT2D eigenvalue weighted by Gasteiger charge is -2.30. The van der Waals surface area contributed by atoms with Crippen LogP contribution in [0.15, 0.2) is 10.9 Å². The third-order valence-corrected chi connectivity index (χ3v) is 3.68. The number of nitrogens with two attached hydrogens (primary N) is 1. The van der Waals surface area contributed by atoms with Gasteiger partial charge in [0.1, 0.15) is 0 Å². The first kappa shape index (κ1) is 16.6. The van der Waals surface area contributed by atoms with Gasteiger partial charge in [-0.2, -0.15) is 4.98 Å². The van der Waals surface area contributed by atoms with E-state index in [9.17, 15) is 4.79 Å². The second kappa shape index (κ2) is 7.94. The molecule has 112 valence electrons. The van der Waals surface area contributed by atoms with Crippen molar-refractivity contribution in [1.82, 2.24) is 15.5 Å². The van der Waals surface area contributed by atoms with Crippen molar-refractivity contribution >= 4 is 23.1 Å². The average Bonchev–Trinajstić information content (AvgIpc) is 2.91. The third-order valence-electron chi connectivity index (χ3n) is 3.29. The molecule has 1 aromatic rings. The van der Waals surface area contributed by atoms with E-state index in [0.29, 0.717) is 31.7 Å². The average molecular weight is 298 g/mol. The second-order valence-electron chi connectivity index (χ2n) is 4.79. The van der Waals surface area contributed by atoms with E-state index in [1.54, 1.807) is 0 Å². The first-order chi connectivity index (χ1) is 9.56. The molecule has 3 N–H and O–H groups in total. The van der Waals surface area contributed by atoms with Crippen LogP contribution >= 0.6 is 12.2 Å². The zero-order chi connectivity index (χ0) is 15.0. The highest BCUT2D eigenvalue weighted by molar-refractivity contribution is 7.80. The molecule has 0 aromatic carbocycles. The van der Waals surface area contributed by atoms with Gasteiger partial charge in [0, 0.05) is 13.0 Å². The summed E-state index contributed by atoms with van der Waals surface area (Å²) in [6.07, 6.45) is 4.88. The van der Waals surface area contributed by atoms with Gasteiger partial charge in [-0.15, -0.1) is 0 Å². The normalized spacial score (nSPS) is 11.3. The van der Waals surface area contributed by atoms with Gasteiger partial charge in [-0.05, 0) is 12.8 Å². The first-order valence-electron chi connectivity index (χ1n) is 6.90. The Morgan fingerprint density at radius 3 is 2.55 bits per heavy atom. The van der Waals surface area contributed by atoms with Gasteiger partial charge in [-0.1, -0.05) is 44.1 Å². The molecule has 1 aromatic heterocycles. The predicted molar refractivity (Wildman–Crippen MR) is 80.0 cm³/mol. The Morgan fingerprint density at radius 1 is 1.45 bits per heavy atom. The van der Waals surface area contributed by atoms with Crippen molar-refractivity contribution in [3.8, 4) is 0 Å². The summed E-state index contributed by atoms with van der Waals surface area (Å²) in [5, 5.41) is 6.39. The van der Waals surface area contributed by atoms with Crippen LogP contribution in [0.3, 0.4) is 0 Å². The highest BCUT2D eigenvalue weighted by Gasteiger charge is 2.39. The fourth-order valence-corrected chi connectivity index (χ4v) is 2.62. The van der Waals surface area contributed by atoms with Crippen LogP contribution < -0.4 is 11.1 Å². The highest BCUT2D eigenvalue weighted by Crippen LogP contribution is 2.30. The molecule has 0 aliphatic heterocycles. The molecule has 0 atom stereocenters. The molecule has 1 amide bonds. The molecular weight excluding hydrogens is 276 g/mol. The van der Waals surface area contributed by atoms with Crippen LogP contribution in [0.4, 0.5) is 0 Å². The molecule has 0 bridgehead atoms. The summed E-state index contributed by atoms with van der Waals surface area (Å²) < 4.78 is 4.88. The van der Waals surface area contributed by atoms with Crippen LogP contribution in [-0.4, -0.2) is 27.6 Å². The van der Waals surface area contributed by atoms with E-state index in [1.165, 1.54) is 6.33 Å². The maximum absolute atomic E-state index is 12.5. The lowest BCUT2D eigenvalue weighted by molar-refractivity contribution is -0.128. The number of hydrogen-bond acceptors (Lipinski definition) is 5. The smallest absolute Gasteiger partial charge is 0.233 e. The molecule has 0 saturated heterocycles. The quantitative estimate of drug-likeness (QED) is 0.673. The van der Waals surface area contributed by atoms with E-state index in [0.717, 1.165) is 12.8 Å². The van der Waals surface area contributed by atoms with Crippen LogP contribution in [-0.2, 0) is 11.2 Å². The fourth-order valence-electron chi connectivity index (χ4n) is 2.32. The summed E-state index contributed by atoms with van der Waals surface area (Å²) >= 11 is 5.14. The molecule has 6 nitrogen and oxygen atoms in total. The molecule has 0 aliphatic rings. The Hall–Kier alpha value is -1.50. The lowest BCUT2D eigenvalue weighted by Crippen LogP contribution is -2.49. The van der Waals surface area contributed by atoms with Gasteiger partial charge >= 0.3 is 0 Å². The van der Waals surface area contributed by atoms with Gasteiger partial charge in [0.05, 0.1) is 10.4 Å². The summed E-state index contributed by atoms with van der Waals surface area (Å²) in [6, 6.07) is 0. The molecular formula is C13H22N4O2S. The minimum Gasteiger partial charge on any atom is -0.392 e. The first-order valence-corrected chi connectivity index (χ1v) is 7.31. The fraction of sp³-hybridized carbons (Fsp3) is 0.692. The highest BCUT2D eigenvalue weighted by atomic mass is 32.1. The number of amides is 1. The van der Waals surface area contributed by atoms with E-state index in [-0.39, 0.29) is 10.9 Å². The summed E-state index contributed by atoms with van der Waals surface area (Å²) in [6.45, 7) is 4.47. The van der Waals surface area contributed by atoms with Crippen molar-refractivity contribution < 1.29 is 9.32 Å². The van der Waals surface area contributed by atoms with Crippen LogP contribution in [0.2, 0.25) is 0 Å². The SMILES string of the molecule is CCCC(CCC)(C(=O)NCCc1ncno1)C(N)=S. The monoisotopic (exact) mass is 298 g/mol. The molecule has 1 rings (SSSR count). The molecule has 7 heteroatoms. The van der Waals surface area contributed by atoms with E-state index in [1.807, 2.05) is 13.8 Å². The van der Waals surface area contributed by atoms with Crippen molar-refractivity contribution in [2.45, 2.75) is 46.0 Å². The van der Waals surface area contributed by atoms with Gasteiger partial charge in [0.25, 0.3) is 0 Å². The second-order valence-corrected chi connectivity index (χ2v) is 5.23. The zero-order valence-corrected chi connectivity index (χ0v) is 12.8. The molecule has 0 aliphatic carbocycles. The van der Waals surface area contributed by atoms with E-state index in [4.69, 9.17) is 22.5 Å².